The van der Waals surface area contributed by atoms with Gasteiger partial charge in [0.2, 0.25) is 5.88 Å². The van der Waals surface area contributed by atoms with Crippen LogP contribution in [0.4, 0.5) is 15.6 Å². The highest BCUT2D eigenvalue weighted by molar-refractivity contribution is 8.01. The molecule has 0 spiro atoms. The summed E-state index contributed by atoms with van der Waals surface area (Å²) in [5.41, 5.74) is 0.700. The van der Waals surface area contributed by atoms with E-state index in [-0.39, 0.29) is 11.8 Å². The molecule has 8 nitrogen and oxygen atoms in total. The molecule has 2 aromatic heterocycles. The number of pyridine rings is 1. The van der Waals surface area contributed by atoms with Crippen LogP contribution in [0, 0.1) is 5.92 Å². The summed E-state index contributed by atoms with van der Waals surface area (Å²) in [6, 6.07) is 3.29. The van der Waals surface area contributed by atoms with Gasteiger partial charge in [0, 0.05) is 12.6 Å². The summed E-state index contributed by atoms with van der Waals surface area (Å²) in [5.74, 6) is 0.0157. The zero-order valence-corrected chi connectivity index (χ0v) is 17.8. The van der Waals surface area contributed by atoms with Crippen LogP contribution in [0.1, 0.15) is 32.1 Å². The molecule has 0 aliphatic heterocycles. The summed E-state index contributed by atoms with van der Waals surface area (Å²) >= 11 is 2.44. The zero-order valence-electron chi connectivity index (χ0n) is 16.2. The van der Waals surface area contributed by atoms with Crippen molar-refractivity contribution >= 4 is 45.9 Å². The molecular weight excluding hydrogens is 412 g/mol. The van der Waals surface area contributed by atoms with Crippen molar-refractivity contribution in [3.8, 4) is 5.88 Å². The van der Waals surface area contributed by atoms with Gasteiger partial charge in [-0.3, -0.25) is 15.0 Å². The molecule has 1 aliphatic rings. The fourth-order valence-electron chi connectivity index (χ4n) is 3.26. The summed E-state index contributed by atoms with van der Waals surface area (Å²) in [4.78, 5) is 33.9. The quantitative estimate of drug-likeness (QED) is 0.593. The summed E-state index contributed by atoms with van der Waals surface area (Å²) in [6.07, 6.45) is 9.07. The van der Waals surface area contributed by atoms with Gasteiger partial charge >= 0.3 is 12.0 Å². The number of methoxy groups -OCH3 is 1. The second kappa shape index (κ2) is 10.4. The second-order valence-corrected chi connectivity index (χ2v) is 9.08. The smallest absolute Gasteiger partial charge is 0.328 e. The van der Waals surface area contributed by atoms with Crippen LogP contribution >= 0.6 is 23.1 Å². The van der Waals surface area contributed by atoms with Crippen molar-refractivity contribution in [2.45, 2.75) is 36.3 Å². The van der Waals surface area contributed by atoms with Gasteiger partial charge in [0.15, 0.2) is 5.13 Å². The fraction of sp³-hybridized carbons (Fsp3) is 0.474. The Bertz CT molecular complexity index is 822. The molecular formula is C19H24N4O4S2. The van der Waals surface area contributed by atoms with Crippen LogP contribution < -0.4 is 15.0 Å². The van der Waals surface area contributed by atoms with Crippen molar-refractivity contribution in [1.29, 1.82) is 0 Å². The van der Waals surface area contributed by atoms with Gasteiger partial charge in [0.05, 0.1) is 35.2 Å². The van der Waals surface area contributed by atoms with Gasteiger partial charge in [-0.15, -0.1) is 11.8 Å². The summed E-state index contributed by atoms with van der Waals surface area (Å²) in [6.45, 7) is 0.617. The number of anilines is 2. The van der Waals surface area contributed by atoms with Crippen LogP contribution in [-0.2, 0) is 4.79 Å². The molecule has 2 N–H and O–H groups in total. The van der Waals surface area contributed by atoms with Crippen molar-refractivity contribution in [3.63, 3.8) is 0 Å². The lowest BCUT2D eigenvalue weighted by Crippen LogP contribution is -2.39. The Kier molecular flexibility index (Phi) is 7.70. The minimum absolute atomic E-state index is 0.0408. The molecule has 156 valence electrons. The number of hydrogen-bond donors (Lipinski definition) is 2. The molecule has 0 saturated heterocycles. The van der Waals surface area contributed by atoms with Gasteiger partial charge < -0.3 is 9.84 Å². The minimum Gasteiger partial charge on any atom is -0.481 e. The largest absolute Gasteiger partial charge is 0.481 e. The number of urea groups is 1. The number of ether oxygens (including phenoxy) is 1. The molecule has 0 radical (unpaired) electrons. The Hall–Kier alpha value is -2.33. The molecule has 1 aliphatic carbocycles. The number of rotatable bonds is 8. The van der Waals surface area contributed by atoms with Gasteiger partial charge in [-0.1, -0.05) is 30.6 Å². The van der Waals surface area contributed by atoms with Crippen molar-refractivity contribution in [1.82, 2.24) is 9.97 Å². The Morgan fingerprint density at radius 3 is 2.72 bits per heavy atom. The van der Waals surface area contributed by atoms with Gasteiger partial charge in [0.25, 0.3) is 0 Å². The molecule has 2 aromatic rings. The highest BCUT2D eigenvalue weighted by Gasteiger charge is 2.23. The summed E-state index contributed by atoms with van der Waals surface area (Å²) in [5, 5.41) is 12.1. The summed E-state index contributed by atoms with van der Waals surface area (Å²) < 4.78 is 5.86. The maximum Gasteiger partial charge on any atom is 0.328 e. The zero-order chi connectivity index (χ0) is 20.6. The number of nitrogens with one attached hydrogen (secondary N) is 1. The number of nitrogens with zero attached hydrogens (tertiary/aromatic N) is 3. The monoisotopic (exact) mass is 436 g/mol. The molecule has 0 aromatic carbocycles. The lowest BCUT2D eigenvalue weighted by atomic mass is 9.89. The predicted octanol–water partition coefficient (Wildman–Crippen LogP) is 4.34. The Labute approximate surface area is 177 Å². The first-order valence-corrected chi connectivity index (χ1v) is 11.2. The summed E-state index contributed by atoms with van der Waals surface area (Å²) in [7, 11) is 1.55. The molecule has 2 heterocycles. The topological polar surface area (TPSA) is 105 Å². The van der Waals surface area contributed by atoms with Crippen LogP contribution in [0.3, 0.4) is 0 Å². The molecule has 0 bridgehead atoms. The Morgan fingerprint density at radius 2 is 2.07 bits per heavy atom. The molecule has 1 saturated carbocycles. The lowest BCUT2D eigenvalue weighted by molar-refractivity contribution is -0.133. The van der Waals surface area contributed by atoms with E-state index in [4.69, 9.17) is 9.84 Å². The number of aliphatic carboxylic acids is 1. The van der Waals surface area contributed by atoms with Crippen LogP contribution in [0.5, 0.6) is 5.88 Å². The van der Waals surface area contributed by atoms with E-state index in [1.807, 2.05) is 6.07 Å². The average molecular weight is 437 g/mol. The third-order valence-corrected chi connectivity index (χ3v) is 6.78. The first kappa shape index (κ1) is 21.4. The van der Waals surface area contributed by atoms with E-state index in [1.165, 1.54) is 42.4 Å². The lowest BCUT2D eigenvalue weighted by Gasteiger charge is -2.29. The molecule has 1 fully saturated rings. The molecule has 29 heavy (non-hydrogen) atoms. The highest BCUT2D eigenvalue weighted by Crippen LogP contribution is 2.30. The second-order valence-electron chi connectivity index (χ2n) is 6.77. The molecule has 10 heteroatoms. The molecule has 0 atom stereocenters. The average Bonchev–Trinajstić information content (AvgIpc) is 3.18. The number of carboxylic acids is 1. The first-order chi connectivity index (χ1) is 14.0. The van der Waals surface area contributed by atoms with Crippen molar-refractivity contribution in [2.24, 2.45) is 5.92 Å². The van der Waals surface area contributed by atoms with Crippen LogP contribution in [0.25, 0.3) is 0 Å². The van der Waals surface area contributed by atoms with Crippen LogP contribution in [0.15, 0.2) is 28.7 Å². The maximum atomic E-state index is 13.0. The van der Waals surface area contributed by atoms with E-state index in [9.17, 15) is 9.59 Å². The van der Waals surface area contributed by atoms with Crippen LogP contribution in [0.2, 0.25) is 0 Å². The van der Waals surface area contributed by atoms with E-state index in [0.717, 1.165) is 17.1 Å². The molecule has 2 amide bonds. The van der Waals surface area contributed by atoms with Crippen molar-refractivity contribution in [3.05, 3.63) is 24.5 Å². The van der Waals surface area contributed by atoms with E-state index in [1.54, 1.807) is 30.5 Å². The maximum absolute atomic E-state index is 13.0. The Morgan fingerprint density at radius 1 is 1.28 bits per heavy atom. The number of aromatic nitrogens is 2. The van der Waals surface area contributed by atoms with Gasteiger partial charge in [-0.25, -0.2) is 14.8 Å². The third-order valence-electron chi connectivity index (χ3n) is 4.69. The number of carbonyl (C=O) groups excluding carboxylic acids is 1. The number of carboxylic acid groups (broad SMARTS) is 1. The Balaban J connectivity index is 1.71. The SMILES string of the molecule is COc1ccc(N(CC2CCCCC2)C(=O)Nc2ncc(SCC(=O)O)s2)cn1. The van der Waals surface area contributed by atoms with Crippen molar-refractivity contribution < 1.29 is 19.4 Å². The van der Waals surface area contributed by atoms with E-state index >= 15 is 0 Å². The number of carbonyl (C=O) groups is 2. The van der Waals surface area contributed by atoms with Gasteiger partial charge in [0.1, 0.15) is 0 Å². The fourth-order valence-corrected chi connectivity index (χ4v) is 4.84. The van der Waals surface area contributed by atoms with E-state index < -0.39 is 5.97 Å². The van der Waals surface area contributed by atoms with Crippen molar-refractivity contribution in [2.75, 3.05) is 29.6 Å². The van der Waals surface area contributed by atoms with Crippen LogP contribution in [-0.4, -0.2) is 46.5 Å². The standard InChI is InChI=1S/C19H24N4O4S2/c1-27-15-8-7-14(9-20-15)23(11-13-5-3-2-4-6-13)19(26)22-18-21-10-17(29-18)28-12-16(24)25/h7-10,13H,2-6,11-12H2,1H3,(H,24,25)(H,21,22,26). The number of hydrogen-bond acceptors (Lipinski definition) is 7. The normalized spacial score (nSPS) is 14.4. The first-order valence-electron chi connectivity index (χ1n) is 9.44. The predicted molar refractivity (Wildman–Crippen MR) is 114 cm³/mol. The molecule has 3 rings (SSSR count). The highest BCUT2D eigenvalue weighted by atomic mass is 32.2. The number of amides is 2. The minimum atomic E-state index is -0.889. The van der Waals surface area contributed by atoms with Gasteiger partial charge in [-0.2, -0.15) is 0 Å². The number of thiazole rings is 1. The van der Waals surface area contributed by atoms with E-state index in [0.29, 0.717) is 29.2 Å². The third kappa shape index (κ3) is 6.33. The molecule has 0 unspecified atom stereocenters. The van der Waals surface area contributed by atoms with E-state index in [2.05, 4.69) is 15.3 Å². The number of thioether (sulfide) groups is 1. The van der Waals surface area contributed by atoms with Gasteiger partial charge in [-0.05, 0) is 24.8 Å².